The van der Waals surface area contributed by atoms with Crippen LogP contribution in [-0.2, 0) is 33.9 Å². The average molecular weight is 1590 g/mol. The second-order valence-electron chi connectivity index (χ2n) is 32.4. The number of amides is 5. The number of halogens is 1. The number of carbonyl (C=O) groups is 5. The van der Waals surface area contributed by atoms with Crippen molar-refractivity contribution in [2.24, 2.45) is 16.7 Å². The number of pyridine rings is 1. The van der Waals surface area contributed by atoms with E-state index >= 15 is 0 Å². The molecule has 1 aliphatic carbocycles. The molecule has 4 aromatic carbocycles. The number of nitro groups is 1. The van der Waals surface area contributed by atoms with E-state index in [1.54, 1.807) is 23.6 Å². The second-order valence-corrected chi connectivity index (χ2v) is 35.4. The van der Waals surface area contributed by atoms with Crippen LogP contribution in [-0.4, -0.2) is 206 Å². The summed E-state index contributed by atoms with van der Waals surface area (Å²) < 4.78 is 42.3. The number of benzene rings is 4. The van der Waals surface area contributed by atoms with Gasteiger partial charge in [0.1, 0.15) is 29.1 Å². The van der Waals surface area contributed by atoms with Gasteiger partial charge in [0.15, 0.2) is 0 Å². The number of rotatable bonds is 27. The lowest BCUT2D eigenvalue weighted by atomic mass is 9.70. The van der Waals surface area contributed by atoms with Crippen molar-refractivity contribution in [1.82, 2.24) is 49.9 Å². The maximum absolute atomic E-state index is 14.7. The van der Waals surface area contributed by atoms with Gasteiger partial charge in [0, 0.05) is 146 Å². The number of hydrogen-bond donors (Lipinski definition) is 6. The molecule has 0 spiro atoms. The van der Waals surface area contributed by atoms with Crippen molar-refractivity contribution in [2.45, 2.75) is 154 Å². The van der Waals surface area contributed by atoms with Crippen LogP contribution in [0.25, 0.3) is 27.0 Å². The number of β-amino-alcohol motifs (C(OH)–C–C–N with tert-alkyl or cyclic N) is 1. The number of H-pyrrole nitrogens is 1. The van der Waals surface area contributed by atoms with E-state index in [-0.39, 0.29) is 65.7 Å². The highest BCUT2D eigenvalue weighted by Gasteiger charge is 2.45. The van der Waals surface area contributed by atoms with Crippen molar-refractivity contribution < 1.29 is 51.9 Å². The van der Waals surface area contributed by atoms with Crippen LogP contribution < -0.4 is 35.2 Å². The van der Waals surface area contributed by atoms with Gasteiger partial charge in [-0.1, -0.05) is 94.1 Å². The highest BCUT2D eigenvalue weighted by atomic mass is 35.5. The van der Waals surface area contributed by atoms with Gasteiger partial charge < -0.3 is 55.1 Å². The summed E-state index contributed by atoms with van der Waals surface area (Å²) in [6, 6.07) is 26.9. The summed E-state index contributed by atoms with van der Waals surface area (Å²) in [7, 11) is -4.63. The first-order valence-electron chi connectivity index (χ1n) is 39.5. The molecule has 26 nitrogen and oxygen atoms in total. The van der Waals surface area contributed by atoms with Crippen LogP contribution in [0.3, 0.4) is 0 Å². The Kier molecular flexibility index (Phi) is 25.7. The fraction of sp³-hybridized carbons (Fsp3) is 0.506. The lowest BCUT2D eigenvalue weighted by Gasteiger charge is -2.44. The lowest BCUT2D eigenvalue weighted by molar-refractivity contribution is -0.384. The summed E-state index contributed by atoms with van der Waals surface area (Å²) in [6.45, 7) is 21.8. The van der Waals surface area contributed by atoms with E-state index < -0.39 is 60.9 Å². The number of nitrogens with zero attached hydrogens (tertiary/aromatic N) is 9. The molecule has 6 N–H and O–H groups in total. The number of nitrogens with one attached hydrogen (secondary N) is 5. The molecule has 0 saturated carbocycles. The van der Waals surface area contributed by atoms with Crippen LogP contribution in [0.15, 0.2) is 119 Å². The summed E-state index contributed by atoms with van der Waals surface area (Å²) in [6.07, 6.45) is 9.47. The van der Waals surface area contributed by atoms with Crippen LogP contribution in [0.5, 0.6) is 5.88 Å². The molecular weight excluding hydrogens is 1480 g/mol. The number of likely N-dealkylation sites (tertiary alicyclic amines) is 1. The number of piperazine rings is 2. The van der Waals surface area contributed by atoms with Gasteiger partial charge >= 0.3 is 0 Å². The SMILES string of the molecule is Cc1ncsc1-c1ccc([C@H](C)NC(=O)[C@@H]2C[C@@H](O)CN2C(=O)[C@@H](NC(=O)CCCCCCC(=O)N2CCN(C[C@]3(C)CCC(CN4CCN(c5ccc(C(=O)NS(=O)(=O)c6ccc(NCC7CCOCC7)c([N+](=O)[O-])c6)c(N6CCCOc7nc8[nH]ccc8cc76)c5)CC4)=C(c4ccc(Cl)cc4)C3)CC2)C(C)(C)C)cc1. The first-order valence-corrected chi connectivity index (χ1v) is 42.2. The summed E-state index contributed by atoms with van der Waals surface area (Å²) >= 11 is 8.09. The van der Waals surface area contributed by atoms with Crippen LogP contribution in [0, 0.1) is 33.8 Å². The molecule has 5 amide bonds. The van der Waals surface area contributed by atoms with Crippen molar-refractivity contribution in [2.75, 3.05) is 120 Å². The number of aromatic nitrogens is 3. The molecule has 0 radical (unpaired) electrons. The van der Waals surface area contributed by atoms with Gasteiger partial charge in [0.2, 0.25) is 29.5 Å². The van der Waals surface area contributed by atoms with Crippen LogP contribution >= 0.6 is 22.9 Å². The molecule has 29 heteroatoms. The number of sulfonamides is 1. The zero-order valence-corrected chi connectivity index (χ0v) is 67.3. The molecule has 13 rings (SSSR count). The number of anilines is 4. The minimum Gasteiger partial charge on any atom is -0.476 e. The van der Waals surface area contributed by atoms with Crippen molar-refractivity contribution in [3.63, 3.8) is 0 Å². The predicted molar refractivity (Wildman–Crippen MR) is 435 cm³/mol. The second kappa shape index (κ2) is 35.6. The van der Waals surface area contributed by atoms with E-state index in [1.807, 2.05) is 111 Å². The molecular formula is C83H105ClN14O12S2. The van der Waals surface area contributed by atoms with Gasteiger partial charge in [0.05, 0.1) is 55.9 Å². The number of thiazole rings is 1. The largest absolute Gasteiger partial charge is 0.476 e. The Bertz CT molecular complexity index is 4700. The van der Waals surface area contributed by atoms with Crippen LogP contribution in [0.2, 0.25) is 5.02 Å². The Morgan fingerprint density at radius 2 is 1.56 bits per heavy atom. The Balaban J connectivity index is 0.585. The number of aromatic amines is 1. The zero-order valence-electron chi connectivity index (χ0n) is 64.9. The number of aliphatic hydroxyl groups is 1. The van der Waals surface area contributed by atoms with E-state index in [0.29, 0.717) is 113 Å². The van der Waals surface area contributed by atoms with Gasteiger partial charge in [-0.25, -0.2) is 18.1 Å². The molecule has 8 heterocycles. The van der Waals surface area contributed by atoms with E-state index in [2.05, 4.69) is 64.4 Å². The predicted octanol–water partition coefficient (Wildman–Crippen LogP) is 12.1. The molecule has 5 atom stereocenters. The average Bonchev–Trinajstić information content (AvgIpc) is 1.68. The maximum Gasteiger partial charge on any atom is 0.293 e. The Morgan fingerprint density at radius 1 is 0.839 bits per heavy atom. The quantitative estimate of drug-likeness (QED) is 0.0158. The van der Waals surface area contributed by atoms with Gasteiger partial charge in [-0.3, -0.25) is 43.9 Å². The zero-order chi connectivity index (χ0) is 79.0. The molecule has 3 aromatic heterocycles. The van der Waals surface area contributed by atoms with Gasteiger partial charge in [-0.15, -0.1) is 11.3 Å². The van der Waals surface area contributed by atoms with Crippen molar-refractivity contribution >= 4 is 108 Å². The van der Waals surface area contributed by atoms with E-state index in [9.17, 15) is 47.6 Å². The first-order chi connectivity index (χ1) is 53.7. The van der Waals surface area contributed by atoms with Crippen LogP contribution in [0.1, 0.15) is 151 Å². The molecule has 5 aliphatic heterocycles. The first kappa shape index (κ1) is 81.0. The van der Waals surface area contributed by atoms with Crippen molar-refractivity contribution in [3.05, 3.63) is 152 Å². The fourth-order valence-electron chi connectivity index (χ4n) is 16.5. The highest BCUT2D eigenvalue weighted by Crippen LogP contribution is 2.46. The smallest absolute Gasteiger partial charge is 0.293 e. The molecule has 0 unspecified atom stereocenters. The molecule has 0 bridgehead atoms. The number of nitro benzene ring substituents is 1. The fourth-order valence-corrected chi connectivity index (χ4v) is 18.5. The summed E-state index contributed by atoms with van der Waals surface area (Å²) in [5.41, 5.74) is 10.3. The van der Waals surface area contributed by atoms with Crippen molar-refractivity contribution in [3.8, 4) is 16.3 Å². The normalized spacial score (nSPS) is 20.2. The van der Waals surface area contributed by atoms with E-state index in [0.717, 1.165) is 123 Å². The Labute approximate surface area is 664 Å². The van der Waals surface area contributed by atoms with Gasteiger partial charge in [-0.2, -0.15) is 4.98 Å². The minimum atomic E-state index is -4.63. The third-order valence-corrected chi connectivity index (χ3v) is 25.6. The monoisotopic (exact) mass is 1590 g/mol. The molecule has 598 valence electrons. The molecule has 112 heavy (non-hydrogen) atoms. The molecule has 4 fully saturated rings. The molecule has 7 aromatic rings. The van der Waals surface area contributed by atoms with E-state index in [1.165, 1.54) is 33.7 Å². The standard InChI is InChI=1S/C83H105ClN14O12S2/c1-54(57-14-16-59(17-15-57)75-55(2)87-53-111-75)88-79(103)71-46-64(99)51-97(71)81(104)76(82(3,4)5)89-73(100)12-9-7-8-10-13-74(101)95-39-35-93(36-40-95)52-83(6)30-26-61(67(48-83)58-18-20-62(84)21-19-58)50-92-33-37-94(38-34-92)63-22-24-66(69(45-63)96-32-11-41-110-80-72(96)44-60-27-31-85-77(60)90-80)78(102)91-112(107,108)65-23-25-68(70(47-65)98(105)106)86-49-56-28-42-109-43-29-56/h14-25,27,31,44-45,47,53-54,56,64,71,76,86,99H,7-13,26,28-30,32-43,46,48-52H2,1-6H3,(H,85,90)(H,88,103)(H,89,100)(H,91,102)/t54-,64+,71-,76+,83+/m0/s1. The highest BCUT2D eigenvalue weighted by molar-refractivity contribution is 7.90. The number of allylic oxidation sites excluding steroid dienone is 1. The molecule has 6 aliphatic rings. The number of ether oxygens (including phenoxy) is 2. The Morgan fingerprint density at radius 3 is 2.28 bits per heavy atom. The number of hydrogen-bond acceptors (Lipinski definition) is 20. The summed E-state index contributed by atoms with van der Waals surface area (Å²) in [4.78, 5) is 107. The number of unbranched alkanes of at least 4 members (excludes halogenated alkanes) is 3. The van der Waals surface area contributed by atoms with Gasteiger partial charge in [0.25, 0.3) is 21.6 Å². The third-order valence-electron chi connectivity index (χ3n) is 23.0. The van der Waals surface area contributed by atoms with E-state index in [4.69, 9.17) is 26.1 Å². The maximum atomic E-state index is 14.7. The number of fused-ring (bicyclic) bond motifs is 2. The topological polar surface area (TPSA) is 310 Å². The van der Waals surface area contributed by atoms with Crippen LogP contribution in [0.4, 0.5) is 28.4 Å². The number of carbonyl (C=O) groups excluding carboxylic acids is 5. The summed E-state index contributed by atoms with van der Waals surface area (Å²) in [5.74, 6) is -1.18. The summed E-state index contributed by atoms with van der Waals surface area (Å²) in [5, 5.41) is 33.9. The third kappa shape index (κ3) is 19.6. The minimum absolute atomic E-state index is 0.0119. The lowest BCUT2D eigenvalue weighted by Crippen LogP contribution is -2.57. The number of aliphatic hydroxyl groups excluding tert-OH is 1. The van der Waals surface area contributed by atoms with Crippen molar-refractivity contribution in [1.29, 1.82) is 0 Å². The Hall–Kier alpha value is -9.03. The number of aryl methyl sites for hydroxylation is 1. The van der Waals surface area contributed by atoms with Gasteiger partial charge in [-0.05, 0) is 159 Å². The molecule has 4 saturated heterocycles.